The molecule has 222 valence electrons. The van der Waals surface area contributed by atoms with Crippen molar-refractivity contribution in [3.05, 3.63) is 77.6 Å². The summed E-state index contributed by atoms with van der Waals surface area (Å²) in [5.74, 6) is 3.34. The number of methoxy groups -OCH3 is 5. The maximum absolute atomic E-state index is 13.2. The van der Waals surface area contributed by atoms with Crippen LogP contribution in [0.25, 0.3) is 10.8 Å². The smallest absolute Gasteiger partial charge is 0.241 e. The van der Waals surface area contributed by atoms with E-state index in [2.05, 4.69) is 4.90 Å². The minimum atomic E-state index is 0. The number of piperazine rings is 1. The number of nitrogens with zero attached hydrogens (tertiary/aromatic N) is 3. The molecular formula is C32H36ClN3O6. The molecule has 0 atom stereocenters. The zero-order valence-corrected chi connectivity index (χ0v) is 25.3. The SMILES string of the molecule is COc1ccc(Cc2ncc(CN3CCN(c4ccccc4OC)C(=O)C3)c3cc(OC)c(OC)cc23)cc1OC.Cl. The number of carbonyl (C=O) groups is 1. The van der Waals surface area contributed by atoms with Gasteiger partial charge in [0.2, 0.25) is 5.91 Å². The molecule has 9 nitrogen and oxygen atoms in total. The number of anilines is 1. The predicted octanol–water partition coefficient (Wildman–Crippen LogP) is 5.14. The number of para-hydroxylation sites is 2. The summed E-state index contributed by atoms with van der Waals surface area (Å²) in [5, 5.41) is 1.97. The van der Waals surface area contributed by atoms with E-state index < -0.39 is 0 Å². The molecule has 10 heteroatoms. The fourth-order valence-electron chi connectivity index (χ4n) is 5.33. The standard InChI is InChI=1S/C32H35N3O6.ClH/c1-37-27-9-7-6-8-26(27)35-13-12-34(20-32(35)36)19-22-18-33-25(14-21-10-11-28(38-2)29(15-21)39-3)24-17-31(41-5)30(40-4)16-23(22)24;/h6-11,15-18H,12-14,19-20H2,1-5H3;1H. The summed E-state index contributed by atoms with van der Waals surface area (Å²) in [6.07, 6.45) is 2.49. The number of rotatable bonds is 10. The van der Waals surface area contributed by atoms with Gasteiger partial charge in [-0.2, -0.15) is 0 Å². The van der Waals surface area contributed by atoms with Gasteiger partial charge in [-0.3, -0.25) is 14.7 Å². The van der Waals surface area contributed by atoms with E-state index in [1.165, 1.54) is 0 Å². The highest BCUT2D eigenvalue weighted by Crippen LogP contribution is 2.37. The molecule has 0 aliphatic carbocycles. The van der Waals surface area contributed by atoms with Gasteiger partial charge in [0.05, 0.1) is 53.5 Å². The first-order valence-corrected chi connectivity index (χ1v) is 13.4. The number of pyridine rings is 1. The van der Waals surface area contributed by atoms with Gasteiger partial charge in [-0.05, 0) is 52.9 Å². The Morgan fingerprint density at radius 2 is 1.38 bits per heavy atom. The maximum Gasteiger partial charge on any atom is 0.241 e. The Morgan fingerprint density at radius 1 is 0.738 bits per heavy atom. The van der Waals surface area contributed by atoms with Crippen molar-refractivity contribution < 1.29 is 28.5 Å². The van der Waals surface area contributed by atoms with Gasteiger partial charge in [0, 0.05) is 37.6 Å². The number of fused-ring (bicyclic) bond motifs is 1. The minimum absolute atomic E-state index is 0. The van der Waals surface area contributed by atoms with Crippen molar-refractivity contribution in [2.24, 2.45) is 0 Å². The highest BCUT2D eigenvalue weighted by atomic mass is 35.5. The van der Waals surface area contributed by atoms with E-state index >= 15 is 0 Å². The Kier molecular flexibility index (Phi) is 9.98. The molecule has 1 aliphatic heterocycles. The van der Waals surface area contributed by atoms with Crippen LogP contribution in [0.4, 0.5) is 5.69 Å². The summed E-state index contributed by atoms with van der Waals surface area (Å²) in [4.78, 5) is 22.1. The molecular weight excluding hydrogens is 558 g/mol. The van der Waals surface area contributed by atoms with Gasteiger partial charge in [-0.25, -0.2) is 0 Å². The van der Waals surface area contributed by atoms with Gasteiger partial charge < -0.3 is 28.6 Å². The molecule has 0 bridgehead atoms. The Hall–Kier alpha value is -4.21. The lowest BCUT2D eigenvalue weighted by molar-refractivity contribution is -0.121. The zero-order chi connectivity index (χ0) is 28.9. The molecule has 1 aliphatic rings. The monoisotopic (exact) mass is 593 g/mol. The van der Waals surface area contributed by atoms with Crippen molar-refractivity contribution in [1.29, 1.82) is 0 Å². The van der Waals surface area contributed by atoms with E-state index in [9.17, 15) is 4.79 Å². The second kappa shape index (κ2) is 13.6. The molecule has 0 unspecified atom stereocenters. The van der Waals surface area contributed by atoms with E-state index in [0.717, 1.165) is 33.3 Å². The van der Waals surface area contributed by atoms with Crippen molar-refractivity contribution in [2.75, 3.05) is 60.1 Å². The molecule has 0 saturated carbocycles. The molecule has 1 saturated heterocycles. The third-order valence-corrected chi connectivity index (χ3v) is 7.45. The van der Waals surface area contributed by atoms with E-state index in [1.807, 2.05) is 60.8 Å². The van der Waals surface area contributed by atoms with Crippen LogP contribution in [0.5, 0.6) is 28.7 Å². The molecule has 1 aromatic heterocycles. The Morgan fingerprint density at radius 3 is 2.05 bits per heavy atom. The van der Waals surface area contributed by atoms with Gasteiger partial charge >= 0.3 is 0 Å². The molecule has 1 fully saturated rings. The number of aromatic nitrogens is 1. The Balaban J connectivity index is 0.00000405. The van der Waals surface area contributed by atoms with Crippen LogP contribution in [0.1, 0.15) is 16.8 Å². The summed E-state index contributed by atoms with van der Waals surface area (Å²) < 4.78 is 27.7. The van der Waals surface area contributed by atoms with Gasteiger partial charge in [-0.15, -0.1) is 12.4 Å². The third-order valence-electron chi connectivity index (χ3n) is 7.45. The second-order valence-corrected chi connectivity index (χ2v) is 9.78. The number of hydrogen-bond donors (Lipinski definition) is 0. The van der Waals surface area contributed by atoms with Crippen molar-refractivity contribution in [3.8, 4) is 28.7 Å². The summed E-state index contributed by atoms with van der Waals surface area (Å²) >= 11 is 0. The molecule has 42 heavy (non-hydrogen) atoms. The van der Waals surface area contributed by atoms with Gasteiger partial charge in [0.1, 0.15) is 5.75 Å². The van der Waals surface area contributed by atoms with Crippen LogP contribution in [-0.4, -0.2) is 71.0 Å². The number of amides is 1. The van der Waals surface area contributed by atoms with Gasteiger partial charge in [0.15, 0.2) is 23.0 Å². The Labute approximate surface area is 252 Å². The molecule has 2 heterocycles. The molecule has 0 spiro atoms. The van der Waals surface area contributed by atoms with Crippen molar-refractivity contribution in [2.45, 2.75) is 13.0 Å². The van der Waals surface area contributed by atoms with Crippen LogP contribution in [0.15, 0.2) is 60.8 Å². The summed E-state index contributed by atoms with van der Waals surface area (Å²) in [6.45, 7) is 2.15. The first-order valence-electron chi connectivity index (χ1n) is 13.4. The highest BCUT2D eigenvalue weighted by Gasteiger charge is 2.27. The molecule has 5 rings (SSSR count). The topological polar surface area (TPSA) is 82.6 Å². The largest absolute Gasteiger partial charge is 0.495 e. The molecule has 4 aromatic rings. The quantitative estimate of drug-likeness (QED) is 0.250. The van der Waals surface area contributed by atoms with Crippen LogP contribution in [-0.2, 0) is 17.8 Å². The minimum Gasteiger partial charge on any atom is -0.495 e. The first-order chi connectivity index (χ1) is 20.0. The maximum atomic E-state index is 13.2. The van der Waals surface area contributed by atoms with Crippen molar-refractivity contribution in [1.82, 2.24) is 9.88 Å². The van der Waals surface area contributed by atoms with Crippen LogP contribution < -0.4 is 28.6 Å². The number of ether oxygens (including phenoxy) is 5. The highest BCUT2D eigenvalue weighted by molar-refractivity contribution is 5.97. The fraction of sp³-hybridized carbons (Fsp3) is 0.312. The molecule has 3 aromatic carbocycles. The summed E-state index contributed by atoms with van der Waals surface area (Å²) in [5.41, 5.74) is 3.74. The Bertz CT molecular complexity index is 1560. The van der Waals surface area contributed by atoms with E-state index in [0.29, 0.717) is 61.3 Å². The lowest BCUT2D eigenvalue weighted by Crippen LogP contribution is -2.50. The van der Waals surface area contributed by atoms with E-state index in [4.69, 9.17) is 28.7 Å². The zero-order valence-electron chi connectivity index (χ0n) is 24.5. The number of hydrogen-bond acceptors (Lipinski definition) is 8. The van der Waals surface area contributed by atoms with Crippen molar-refractivity contribution >= 4 is 34.8 Å². The predicted molar refractivity (Wildman–Crippen MR) is 165 cm³/mol. The normalized spacial score (nSPS) is 13.5. The summed E-state index contributed by atoms with van der Waals surface area (Å²) in [6, 6.07) is 17.5. The number of carbonyl (C=O) groups excluding carboxylic acids is 1. The lowest BCUT2D eigenvalue weighted by atomic mass is 9.99. The lowest BCUT2D eigenvalue weighted by Gasteiger charge is -2.35. The van der Waals surface area contributed by atoms with Gasteiger partial charge in [0.25, 0.3) is 0 Å². The molecule has 0 N–H and O–H groups in total. The van der Waals surface area contributed by atoms with Gasteiger partial charge in [-0.1, -0.05) is 18.2 Å². The average Bonchev–Trinajstić information content (AvgIpc) is 3.01. The first kappa shape index (κ1) is 30.7. The van der Waals surface area contributed by atoms with E-state index in [-0.39, 0.29) is 18.3 Å². The van der Waals surface area contributed by atoms with Crippen LogP contribution in [0, 0.1) is 0 Å². The van der Waals surface area contributed by atoms with Crippen LogP contribution in [0.2, 0.25) is 0 Å². The molecule has 0 radical (unpaired) electrons. The number of benzene rings is 3. The van der Waals surface area contributed by atoms with E-state index in [1.54, 1.807) is 40.4 Å². The van der Waals surface area contributed by atoms with Crippen LogP contribution in [0.3, 0.4) is 0 Å². The average molecular weight is 594 g/mol. The third kappa shape index (κ3) is 6.17. The fourth-order valence-corrected chi connectivity index (χ4v) is 5.33. The second-order valence-electron chi connectivity index (χ2n) is 9.78. The van der Waals surface area contributed by atoms with Crippen molar-refractivity contribution in [3.63, 3.8) is 0 Å². The molecule has 1 amide bonds. The number of halogens is 1. The van der Waals surface area contributed by atoms with Crippen LogP contribution >= 0.6 is 12.4 Å². The summed E-state index contributed by atoms with van der Waals surface area (Å²) in [7, 11) is 8.13.